The van der Waals surface area contributed by atoms with Gasteiger partial charge in [-0.15, -0.1) is 5.98 Å². The lowest BCUT2D eigenvalue weighted by Gasteiger charge is -2.05. The Bertz CT molecular complexity index is 164. The van der Waals surface area contributed by atoms with Crippen molar-refractivity contribution in [3.8, 4) is 0 Å². The molecule has 0 unspecified atom stereocenters. The van der Waals surface area contributed by atoms with Crippen molar-refractivity contribution in [1.82, 2.24) is 0 Å². The van der Waals surface area contributed by atoms with Gasteiger partial charge in [0.05, 0.1) is 6.61 Å². The normalized spacial score (nSPS) is 12.0. The summed E-state index contributed by atoms with van der Waals surface area (Å²) in [7, 11) is 0. The molecular weight excluding hydrogens is 160 g/mol. The van der Waals surface area contributed by atoms with E-state index in [1.165, 1.54) is 6.92 Å². The number of esters is 1. The minimum atomic E-state index is -5.03. The topological polar surface area (TPSA) is 26.3 Å². The molecule has 0 saturated heterocycles. The molecule has 0 aliphatic carbocycles. The molecule has 64 valence electrons. The van der Waals surface area contributed by atoms with E-state index in [9.17, 15) is 17.7 Å². The average molecular weight is 167 g/mol. The van der Waals surface area contributed by atoms with Gasteiger partial charge < -0.3 is 17.7 Å². The van der Waals surface area contributed by atoms with Crippen molar-refractivity contribution in [3.05, 3.63) is 12.1 Å². The van der Waals surface area contributed by atoms with Gasteiger partial charge in [-0.1, -0.05) is 0 Å². The second kappa shape index (κ2) is 4.05. The third-order valence-corrected chi connectivity index (χ3v) is 0.737. The van der Waals surface area contributed by atoms with Gasteiger partial charge in [-0.2, -0.15) is 0 Å². The predicted octanol–water partition coefficient (Wildman–Crippen LogP) is 1.49. The standard InChI is InChI=1S/C5H7BF3O2/c1-2-11-5(10)3-4-6(7,8)9/h3-4H,2H2,1H3/q-1/b4-3+. The zero-order valence-corrected chi connectivity index (χ0v) is 5.89. The molecule has 0 atom stereocenters. The van der Waals surface area contributed by atoms with Gasteiger partial charge >= 0.3 is 12.9 Å². The quantitative estimate of drug-likeness (QED) is 0.361. The van der Waals surface area contributed by atoms with Gasteiger partial charge in [0.2, 0.25) is 0 Å². The smallest absolute Gasteiger partial charge is 0.463 e. The second-order valence-electron chi connectivity index (χ2n) is 1.74. The Labute approximate surface area is 62.1 Å². The molecule has 0 N–H and O–H groups in total. The first kappa shape index (κ1) is 10.1. The molecule has 0 amide bonds. The highest BCUT2D eigenvalue weighted by molar-refractivity contribution is 6.64. The van der Waals surface area contributed by atoms with Gasteiger partial charge in [0, 0.05) is 0 Å². The molecule has 0 aliphatic rings. The van der Waals surface area contributed by atoms with Gasteiger partial charge in [0.1, 0.15) is 0 Å². The van der Waals surface area contributed by atoms with Crippen LogP contribution in [0.4, 0.5) is 12.9 Å². The summed E-state index contributed by atoms with van der Waals surface area (Å²) >= 11 is 0. The first-order valence-electron chi connectivity index (χ1n) is 3.01. The summed E-state index contributed by atoms with van der Waals surface area (Å²) < 4.78 is 38.5. The molecule has 0 radical (unpaired) electrons. The largest absolute Gasteiger partial charge is 0.502 e. The first-order chi connectivity index (χ1) is 4.95. The lowest BCUT2D eigenvalue weighted by Crippen LogP contribution is -2.11. The molecule has 0 spiro atoms. The minimum absolute atomic E-state index is 0.0774. The Balaban J connectivity index is 3.83. The highest BCUT2D eigenvalue weighted by Gasteiger charge is 2.17. The molecule has 0 saturated carbocycles. The Hall–Kier alpha value is -0.935. The van der Waals surface area contributed by atoms with Crippen LogP contribution < -0.4 is 0 Å². The summed E-state index contributed by atoms with van der Waals surface area (Å²) in [5.41, 5.74) is 0. The van der Waals surface area contributed by atoms with Crippen LogP contribution in [0.1, 0.15) is 6.92 Å². The fourth-order valence-corrected chi connectivity index (χ4v) is 0.378. The summed E-state index contributed by atoms with van der Waals surface area (Å²) in [4.78, 5) is 10.3. The van der Waals surface area contributed by atoms with Crippen LogP contribution >= 0.6 is 0 Å². The van der Waals surface area contributed by atoms with Crippen molar-refractivity contribution in [2.45, 2.75) is 6.92 Å². The molecule has 6 heteroatoms. The molecule has 0 aliphatic heterocycles. The molecule has 11 heavy (non-hydrogen) atoms. The predicted molar refractivity (Wildman–Crippen MR) is 34.9 cm³/mol. The van der Waals surface area contributed by atoms with Gasteiger partial charge in [-0.3, -0.25) is 0 Å². The molecule has 0 bridgehead atoms. The van der Waals surface area contributed by atoms with E-state index in [1.807, 2.05) is 0 Å². The van der Waals surface area contributed by atoms with E-state index < -0.39 is 12.9 Å². The Morgan fingerprint density at radius 2 is 2.09 bits per heavy atom. The third kappa shape index (κ3) is 6.96. The van der Waals surface area contributed by atoms with E-state index in [0.717, 1.165) is 0 Å². The SMILES string of the molecule is CCOC(=O)/C=C/[B-](F)(F)F. The van der Waals surface area contributed by atoms with Crippen molar-refractivity contribution in [1.29, 1.82) is 0 Å². The first-order valence-corrected chi connectivity index (χ1v) is 3.01. The molecular formula is C5H7BF3O2-. The molecule has 0 rings (SSSR count). The second-order valence-corrected chi connectivity index (χ2v) is 1.74. The average Bonchev–Trinajstić information content (AvgIpc) is 1.83. The zero-order chi connectivity index (χ0) is 8.91. The van der Waals surface area contributed by atoms with Gasteiger partial charge in [0.15, 0.2) is 0 Å². The van der Waals surface area contributed by atoms with E-state index in [4.69, 9.17) is 0 Å². The summed E-state index contributed by atoms with van der Waals surface area (Å²) in [6, 6.07) is 0. The maximum atomic E-state index is 11.4. The highest BCUT2D eigenvalue weighted by Crippen LogP contribution is 2.08. The summed E-state index contributed by atoms with van der Waals surface area (Å²) in [5.74, 6) is -1.07. The van der Waals surface area contributed by atoms with Crippen LogP contribution in [-0.2, 0) is 9.53 Å². The molecule has 0 fully saturated rings. The summed E-state index contributed by atoms with van der Waals surface area (Å²) in [6.07, 6.45) is 0.378. The molecule has 2 nitrogen and oxygen atoms in total. The van der Waals surface area contributed by atoms with Crippen molar-refractivity contribution >= 4 is 12.9 Å². The summed E-state index contributed by atoms with van der Waals surface area (Å²) in [5, 5.41) is 0. The van der Waals surface area contributed by atoms with Crippen LogP contribution in [0.2, 0.25) is 0 Å². The Kier molecular flexibility index (Phi) is 3.71. The number of carbonyl (C=O) groups excluding carboxylic acids is 1. The van der Waals surface area contributed by atoms with Crippen molar-refractivity contribution in [3.63, 3.8) is 0 Å². The minimum Gasteiger partial charge on any atom is -0.463 e. The lowest BCUT2D eigenvalue weighted by atomic mass is 9.92. The van der Waals surface area contributed by atoms with Crippen LogP contribution in [-0.4, -0.2) is 19.6 Å². The van der Waals surface area contributed by atoms with E-state index >= 15 is 0 Å². The number of rotatable bonds is 3. The number of halogens is 3. The number of ether oxygens (including phenoxy) is 1. The lowest BCUT2D eigenvalue weighted by molar-refractivity contribution is -0.137. The van der Waals surface area contributed by atoms with Gasteiger partial charge in [-0.05, 0) is 13.0 Å². The van der Waals surface area contributed by atoms with Crippen LogP contribution in [0.15, 0.2) is 12.1 Å². The van der Waals surface area contributed by atoms with Gasteiger partial charge in [0.25, 0.3) is 0 Å². The maximum absolute atomic E-state index is 11.4. The zero-order valence-electron chi connectivity index (χ0n) is 5.89. The van der Waals surface area contributed by atoms with Crippen molar-refractivity contribution in [2.75, 3.05) is 6.61 Å². The van der Waals surface area contributed by atoms with Crippen molar-refractivity contribution in [2.24, 2.45) is 0 Å². The van der Waals surface area contributed by atoms with Crippen LogP contribution in [0.3, 0.4) is 0 Å². The molecule has 0 heterocycles. The Morgan fingerprint density at radius 1 is 1.55 bits per heavy atom. The molecule has 0 aromatic carbocycles. The fraction of sp³-hybridized carbons (Fsp3) is 0.400. The van der Waals surface area contributed by atoms with E-state index in [1.54, 1.807) is 0 Å². The van der Waals surface area contributed by atoms with Crippen LogP contribution in [0.25, 0.3) is 0 Å². The van der Waals surface area contributed by atoms with E-state index in [2.05, 4.69) is 4.74 Å². The number of hydrogen-bond donors (Lipinski definition) is 0. The van der Waals surface area contributed by atoms with E-state index in [0.29, 0.717) is 6.08 Å². The van der Waals surface area contributed by atoms with Crippen LogP contribution in [0, 0.1) is 0 Å². The van der Waals surface area contributed by atoms with Gasteiger partial charge in [-0.25, -0.2) is 4.79 Å². The third-order valence-electron chi connectivity index (χ3n) is 0.737. The Morgan fingerprint density at radius 3 is 2.45 bits per heavy atom. The monoisotopic (exact) mass is 167 g/mol. The number of hydrogen-bond acceptors (Lipinski definition) is 2. The molecule has 0 aromatic heterocycles. The highest BCUT2D eigenvalue weighted by atomic mass is 19.4. The van der Waals surface area contributed by atoms with Crippen molar-refractivity contribution < 1.29 is 22.5 Å². The number of carbonyl (C=O) groups is 1. The summed E-state index contributed by atoms with van der Waals surface area (Å²) in [6.45, 7) is -3.43. The molecule has 0 aromatic rings. The van der Waals surface area contributed by atoms with E-state index in [-0.39, 0.29) is 12.6 Å². The maximum Gasteiger partial charge on any atom is 0.502 e. The fourth-order valence-electron chi connectivity index (χ4n) is 0.378. The van der Waals surface area contributed by atoms with Crippen LogP contribution in [0.5, 0.6) is 0 Å².